The van der Waals surface area contributed by atoms with Gasteiger partial charge < -0.3 is 14.2 Å². The Balaban J connectivity index is 4.14. The molecule has 1 unspecified atom stereocenters. The second kappa shape index (κ2) is 71.1. The lowest BCUT2D eigenvalue weighted by Gasteiger charge is -2.18. The van der Waals surface area contributed by atoms with Crippen molar-refractivity contribution in [2.24, 2.45) is 0 Å². The molecule has 0 aliphatic heterocycles. The molecule has 0 aromatic heterocycles. The molecule has 0 bridgehead atoms. The number of esters is 3. The highest BCUT2D eigenvalue weighted by Crippen LogP contribution is 2.19. The lowest BCUT2D eigenvalue weighted by molar-refractivity contribution is -0.167. The van der Waals surface area contributed by atoms with E-state index in [1.54, 1.807) is 0 Å². The monoisotopic (exact) mass is 1150 g/mol. The normalized spacial score (nSPS) is 12.2. The number of rotatable bonds is 69. The Morgan fingerprint density at radius 3 is 0.634 bits per heavy atom. The van der Waals surface area contributed by atoms with Crippen LogP contribution in [-0.4, -0.2) is 37.2 Å². The maximum Gasteiger partial charge on any atom is 0.306 e. The summed E-state index contributed by atoms with van der Waals surface area (Å²) in [5.74, 6) is -0.854. The Hall–Kier alpha value is -2.37. The van der Waals surface area contributed by atoms with E-state index >= 15 is 0 Å². The van der Waals surface area contributed by atoms with Crippen LogP contribution in [0.4, 0.5) is 0 Å². The van der Waals surface area contributed by atoms with Gasteiger partial charge in [-0.25, -0.2) is 0 Å². The minimum absolute atomic E-state index is 0.0709. The summed E-state index contributed by atoms with van der Waals surface area (Å²) in [7, 11) is 0. The fourth-order valence-corrected chi connectivity index (χ4v) is 11.3. The predicted octanol–water partition coefficient (Wildman–Crippen LogP) is 25.5. The predicted molar refractivity (Wildman–Crippen MR) is 358 cm³/mol. The van der Waals surface area contributed by atoms with Gasteiger partial charge in [-0.05, 0) is 96.3 Å². The first-order chi connectivity index (χ1) is 40.5. The van der Waals surface area contributed by atoms with Gasteiger partial charge in [0.1, 0.15) is 13.2 Å². The van der Waals surface area contributed by atoms with Crippen LogP contribution in [0.15, 0.2) is 36.5 Å². The molecule has 482 valence electrons. The lowest BCUT2D eigenvalue weighted by Crippen LogP contribution is -2.30. The Morgan fingerprint density at radius 1 is 0.232 bits per heavy atom. The Morgan fingerprint density at radius 2 is 0.402 bits per heavy atom. The summed E-state index contributed by atoms with van der Waals surface area (Å²) in [5.41, 5.74) is 0. The molecule has 0 aromatic rings. The van der Waals surface area contributed by atoms with E-state index in [1.165, 1.54) is 308 Å². The van der Waals surface area contributed by atoms with E-state index in [1.807, 2.05) is 0 Å². The molecule has 0 rings (SSSR count). The standard InChI is InChI=1S/C76H142O6/c1-4-7-10-13-16-19-22-25-27-29-31-33-34-35-36-37-38-39-40-41-42-44-45-47-49-51-54-57-60-63-66-69-75(78)81-72-73(71-80-74(77)68-65-62-59-56-53-24-21-18-15-12-9-6-3)82-76(79)70-67-64-61-58-55-52-50-48-46-43-32-30-28-26-23-20-17-14-11-8-5-2/h18,21,29-32,73H,4-17,19-20,22-28,33-72H2,1-3H3/b21-18-,31-29-,32-30-. The van der Waals surface area contributed by atoms with Crippen LogP contribution >= 0.6 is 0 Å². The van der Waals surface area contributed by atoms with Crippen LogP contribution in [0.25, 0.3) is 0 Å². The average Bonchev–Trinajstić information content (AvgIpc) is 3.47. The lowest BCUT2D eigenvalue weighted by atomic mass is 10.0. The zero-order chi connectivity index (χ0) is 59.2. The van der Waals surface area contributed by atoms with Crippen molar-refractivity contribution in [3.8, 4) is 0 Å². The molecule has 0 aliphatic carbocycles. The summed E-state index contributed by atoms with van der Waals surface area (Å²) in [6.45, 7) is 6.68. The van der Waals surface area contributed by atoms with E-state index in [-0.39, 0.29) is 31.1 Å². The number of hydrogen-bond acceptors (Lipinski definition) is 6. The third-order valence-electron chi connectivity index (χ3n) is 16.8. The molecule has 0 N–H and O–H groups in total. The molecule has 0 saturated carbocycles. The molecule has 0 fully saturated rings. The molecule has 0 aromatic carbocycles. The second-order valence-electron chi connectivity index (χ2n) is 25.2. The molecule has 0 heterocycles. The molecule has 0 spiro atoms. The van der Waals surface area contributed by atoms with Gasteiger partial charge in [-0.3, -0.25) is 14.4 Å². The van der Waals surface area contributed by atoms with E-state index in [2.05, 4.69) is 57.2 Å². The van der Waals surface area contributed by atoms with E-state index in [0.29, 0.717) is 19.3 Å². The maximum atomic E-state index is 12.9. The summed E-state index contributed by atoms with van der Waals surface area (Å²) in [6, 6.07) is 0. The molecule has 6 heteroatoms. The van der Waals surface area contributed by atoms with Crippen LogP contribution in [0.5, 0.6) is 0 Å². The van der Waals surface area contributed by atoms with Crippen molar-refractivity contribution in [1.82, 2.24) is 0 Å². The molecular formula is C76H142O6. The number of ether oxygens (including phenoxy) is 3. The molecule has 0 saturated heterocycles. The van der Waals surface area contributed by atoms with Crippen molar-refractivity contribution in [1.29, 1.82) is 0 Å². The van der Waals surface area contributed by atoms with Gasteiger partial charge in [0.25, 0.3) is 0 Å². The SMILES string of the molecule is CCCCC/C=C\CCCCCCCC(=O)OCC(COC(=O)CCCCCCCCCCCCCCCCCCCCC/C=C\CCCCCCCCCC)OC(=O)CCCCCCCCCCC/C=C\CCCCCCCCCC. The second-order valence-corrected chi connectivity index (χ2v) is 25.2. The number of carbonyl (C=O) groups is 3. The Bertz CT molecular complexity index is 1370. The van der Waals surface area contributed by atoms with Crippen LogP contribution in [0.1, 0.15) is 412 Å². The molecular weight excluding hydrogens is 1010 g/mol. The highest BCUT2D eigenvalue weighted by atomic mass is 16.6. The molecule has 0 radical (unpaired) electrons. The fraction of sp³-hybridized carbons (Fsp3) is 0.882. The van der Waals surface area contributed by atoms with Crippen LogP contribution < -0.4 is 0 Å². The number of allylic oxidation sites excluding steroid dienone is 6. The third-order valence-corrected chi connectivity index (χ3v) is 16.8. The maximum absolute atomic E-state index is 12.9. The summed E-state index contributed by atoms with van der Waals surface area (Å²) in [5, 5.41) is 0. The minimum Gasteiger partial charge on any atom is -0.462 e. The van der Waals surface area contributed by atoms with Crippen LogP contribution in [0.2, 0.25) is 0 Å². The van der Waals surface area contributed by atoms with Gasteiger partial charge >= 0.3 is 17.9 Å². The third kappa shape index (κ3) is 68.4. The molecule has 1 atom stereocenters. The topological polar surface area (TPSA) is 78.9 Å². The first-order valence-electron chi connectivity index (χ1n) is 37.0. The van der Waals surface area contributed by atoms with Crippen molar-refractivity contribution in [3.63, 3.8) is 0 Å². The molecule has 82 heavy (non-hydrogen) atoms. The van der Waals surface area contributed by atoms with Crippen molar-refractivity contribution >= 4 is 17.9 Å². The highest BCUT2D eigenvalue weighted by molar-refractivity contribution is 5.71. The van der Waals surface area contributed by atoms with Gasteiger partial charge in [-0.15, -0.1) is 0 Å². The van der Waals surface area contributed by atoms with Crippen molar-refractivity contribution in [2.45, 2.75) is 419 Å². The smallest absolute Gasteiger partial charge is 0.306 e. The van der Waals surface area contributed by atoms with Crippen molar-refractivity contribution in [3.05, 3.63) is 36.5 Å². The van der Waals surface area contributed by atoms with Gasteiger partial charge in [0.15, 0.2) is 6.10 Å². The number of hydrogen-bond donors (Lipinski definition) is 0. The number of unbranched alkanes of at least 4 members (excludes halogenated alkanes) is 52. The summed E-state index contributed by atoms with van der Waals surface area (Å²) >= 11 is 0. The van der Waals surface area contributed by atoms with Crippen molar-refractivity contribution < 1.29 is 28.6 Å². The zero-order valence-corrected chi connectivity index (χ0v) is 55.5. The quantitative estimate of drug-likeness (QED) is 0.0261. The van der Waals surface area contributed by atoms with E-state index in [9.17, 15) is 14.4 Å². The van der Waals surface area contributed by atoms with Crippen LogP contribution in [-0.2, 0) is 28.6 Å². The van der Waals surface area contributed by atoms with E-state index in [4.69, 9.17) is 14.2 Å². The molecule has 0 amide bonds. The summed E-state index contributed by atoms with van der Waals surface area (Å²) in [4.78, 5) is 38.4. The number of carbonyl (C=O) groups excluding carboxylic acids is 3. The first-order valence-corrected chi connectivity index (χ1v) is 37.0. The van der Waals surface area contributed by atoms with Gasteiger partial charge in [-0.1, -0.05) is 333 Å². The Kier molecular flexibility index (Phi) is 69.1. The molecule has 0 aliphatic rings. The Labute approximate surface area is 512 Å². The first kappa shape index (κ1) is 79.6. The largest absolute Gasteiger partial charge is 0.462 e. The zero-order valence-electron chi connectivity index (χ0n) is 55.5. The van der Waals surface area contributed by atoms with Gasteiger partial charge in [0.2, 0.25) is 0 Å². The fourth-order valence-electron chi connectivity index (χ4n) is 11.3. The van der Waals surface area contributed by atoms with Gasteiger partial charge in [0.05, 0.1) is 0 Å². The van der Waals surface area contributed by atoms with Crippen molar-refractivity contribution in [2.75, 3.05) is 13.2 Å². The van der Waals surface area contributed by atoms with E-state index in [0.717, 1.165) is 64.2 Å². The van der Waals surface area contributed by atoms with Crippen LogP contribution in [0.3, 0.4) is 0 Å². The van der Waals surface area contributed by atoms with Gasteiger partial charge in [0, 0.05) is 19.3 Å². The molecule has 6 nitrogen and oxygen atoms in total. The van der Waals surface area contributed by atoms with Gasteiger partial charge in [-0.2, -0.15) is 0 Å². The minimum atomic E-state index is -0.775. The average molecular weight is 1150 g/mol. The highest BCUT2D eigenvalue weighted by Gasteiger charge is 2.19. The summed E-state index contributed by atoms with van der Waals surface area (Å²) in [6.07, 6.45) is 89.1. The summed E-state index contributed by atoms with van der Waals surface area (Å²) < 4.78 is 17.0. The van der Waals surface area contributed by atoms with Crippen LogP contribution in [0, 0.1) is 0 Å². The van der Waals surface area contributed by atoms with E-state index < -0.39 is 6.10 Å².